The van der Waals surface area contributed by atoms with Gasteiger partial charge in [-0.15, -0.1) is 35.7 Å². The Balaban J connectivity index is 0.00000364. The number of sulfonamides is 1. The van der Waals surface area contributed by atoms with Crippen LogP contribution in [0.4, 0.5) is 0 Å². The molecular weight excluding hydrogens is 495 g/mol. The number of nitrogens with one attached hydrogen (secondary N) is 1. The highest BCUT2D eigenvalue weighted by atomic mass is 127. The first-order valence-corrected chi connectivity index (χ1v) is 11.9. The molecule has 0 atom stereocenters. The first-order chi connectivity index (χ1) is 12.3. The molecule has 0 bridgehead atoms. The molecule has 154 valence electrons. The van der Waals surface area contributed by atoms with E-state index in [1.165, 1.54) is 16.7 Å². The minimum Gasteiger partial charge on any atom is -0.356 e. The van der Waals surface area contributed by atoms with E-state index in [1.54, 1.807) is 23.1 Å². The first kappa shape index (κ1) is 24.5. The van der Waals surface area contributed by atoms with Crippen LogP contribution in [-0.2, 0) is 16.6 Å². The molecule has 2 rings (SSSR count). The van der Waals surface area contributed by atoms with E-state index in [0.717, 1.165) is 31.9 Å². The number of hydrogen-bond donors (Lipinski definition) is 1. The van der Waals surface area contributed by atoms with Crippen molar-refractivity contribution in [2.24, 2.45) is 10.9 Å². The molecule has 0 spiro atoms. The van der Waals surface area contributed by atoms with Crippen LogP contribution in [0.2, 0.25) is 0 Å². The second kappa shape index (κ2) is 11.5. The van der Waals surface area contributed by atoms with Crippen LogP contribution in [0.3, 0.4) is 0 Å². The van der Waals surface area contributed by atoms with Crippen molar-refractivity contribution in [2.75, 3.05) is 46.2 Å². The summed E-state index contributed by atoms with van der Waals surface area (Å²) >= 11 is 1.74. The molecule has 0 aromatic heterocycles. The molecule has 0 saturated carbocycles. The average molecular weight is 527 g/mol. The molecule has 9 heteroatoms. The maximum absolute atomic E-state index is 11.6. The number of rotatable bonds is 6. The zero-order valence-corrected chi connectivity index (χ0v) is 20.5. The van der Waals surface area contributed by atoms with E-state index in [-0.39, 0.29) is 24.0 Å². The molecule has 1 heterocycles. The highest BCUT2D eigenvalue weighted by molar-refractivity contribution is 14.0. The van der Waals surface area contributed by atoms with E-state index in [4.69, 9.17) is 0 Å². The lowest BCUT2D eigenvalue weighted by Crippen LogP contribution is -2.44. The molecule has 1 saturated heterocycles. The third kappa shape index (κ3) is 7.78. The quantitative estimate of drug-likeness (QED) is 0.267. The number of guanidine groups is 1. The minimum atomic E-state index is -3.06. The van der Waals surface area contributed by atoms with Gasteiger partial charge in [0.2, 0.25) is 10.0 Å². The zero-order valence-electron chi connectivity index (χ0n) is 16.5. The fraction of sp³-hybridized carbons (Fsp3) is 0.611. The second-order valence-corrected chi connectivity index (χ2v) is 9.60. The lowest BCUT2D eigenvalue weighted by atomic mass is 9.98. The van der Waals surface area contributed by atoms with E-state index in [0.29, 0.717) is 19.0 Å². The van der Waals surface area contributed by atoms with E-state index in [1.807, 2.05) is 7.05 Å². The van der Waals surface area contributed by atoms with Gasteiger partial charge in [-0.05, 0) is 42.7 Å². The Hall–Kier alpha value is -0.520. The van der Waals surface area contributed by atoms with Crippen LogP contribution in [0.5, 0.6) is 0 Å². The Morgan fingerprint density at radius 2 is 1.89 bits per heavy atom. The molecule has 1 aromatic rings. The highest BCUT2D eigenvalue weighted by Crippen LogP contribution is 2.19. The molecular formula is C18H31IN4O2S2. The van der Waals surface area contributed by atoms with Crippen molar-refractivity contribution in [1.29, 1.82) is 0 Å². The van der Waals surface area contributed by atoms with Gasteiger partial charge >= 0.3 is 0 Å². The van der Waals surface area contributed by atoms with Crippen molar-refractivity contribution in [2.45, 2.75) is 24.3 Å². The van der Waals surface area contributed by atoms with Crippen LogP contribution in [0.1, 0.15) is 18.4 Å². The summed E-state index contributed by atoms with van der Waals surface area (Å²) in [5.74, 6) is 1.34. The summed E-state index contributed by atoms with van der Waals surface area (Å²) in [7, 11) is 0.766. The summed E-state index contributed by atoms with van der Waals surface area (Å²) in [6.07, 6.45) is 5.13. The van der Waals surface area contributed by atoms with Crippen molar-refractivity contribution < 1.29 is 8.42 Å². The summed E-state index contributed by atoms with van der Waals surface area (Å²) in [6.45, 7) is 2.84. The normalized spacial score (nSPS) is 16.7. The second-order valence-electron chi connectivity index (χ2n) is 6.74. The first-order valence-electron chi connectivity index (χ1n) is 8.83. The maximum Gasteiger partial charge on any atom is 0.211 e. The van der Waals surface area contributed by atoms with Gasteiger partial charge in [0.15, 0.2) is 5.96 Å². The van der Waals surface area contributed by atoms with Gasteiger partial charge in [-0.1, -0.05) is 12.1 Å². The van der Waals surface area contributed by atoms with E-state index < -0.39 is 10.0 Å². The standard InChI is InChI=1S/C18H30N4O2S2.HI/c1-19-18(21(2)14-16-5-7-17(25-3)8-6-16)20-13-15-9-11-22(12-10-15)26(4,23)24;/h5-8,15H,9-14H2,1-4H3,(H,19,20);1H. The van der Waals surface area contributed by atoms with Gasteiger partial charge < -0.3 is 10.2 Å². The molecule has 1 aromatic carbocycles. The van der Waals surface area contributed by atoms with E-state index in [2.05, 4.69) is 45.7 Å². The van der Waals surface area contributed by atoms with Crippen molar-refractivity contribution in [1.82, 2.24) is 14.5 Å². The fourth-order valence-corrected chi connectivity index (χ4v) is 4.43. The Kier molecular flexibility index (Phi) is 10.4. The van der Waals surface area contributed by atoms with Crippen LogP contribution in [0.25, 0.3) is 0 Å². The third-order valence-electron chi connectivity index (χ3n) is 4.74. The monoisotopic (exact) mass is 526 g/mol. The van der Waals surface area contributed by atoms with Gasteiger partial charge in [-0.2, -0.15) is 0 Å². The summed E-state index contributed by atoms with van der Waals surface area (Å²) in [5, 5.41) is 3.44. The number of hydrogen-bond acceptors (Lipinski definition) is 4. The molecule has 1 aliphatic rings. The Morgan fingerprint density at radius 1 is 1.30 bits per heavy atom. The van der Waals surface area contributed by atoms with E-state index >= 15 is 0 Å². The number of nitrogens with zero attached hydrogens (tertiary/aromatic N) is 3. The molecule has 0 aliphatic carbocycles. The van der Waals surface area contributed by atoms with Crippen molar-refractivity contribution in [3.05, 3.63) is 29.8 Å². The Labute approximate surface area is 185 Å². The largest absolute Gasteiger partial charge is 0.356 e. The summed E-state index contributed by atoms with van der Waals surface area (Å²) < 4.78 is 24.8. The smallest absolute Gasteiger partial charge is 0.211 e. The van der Waals surface area contributed by atoms with Gasteiger partial charge in [-0.25, -0.2) is 12.7 Å². The summed E-state index contributed by atoms with van der Waals surface area (Å²) in [4.78, 5) is 7.75. The minimum absolute atomic E-state index is 0. The number of benzene rings is 1. The number of halogens is 1. The van der Waals surface area contributed by atoms with E-state index in [9.17, 15) is 8.42 Å². The van der Waals surface area contributed by atoms with Crippen molar-refractivity contribution in [3.63, 3.8) is 0 Å². The van der Waals surface area contributed by atoms with Crippen molar-refractivity contribution >= 4 is 51.7 Å². The van der Waals surface area contributed by atoms with Crippen LogP contribution in [0, 0.1) is 5.92 Å². The molecule has 6 nitrogen and oxygen atoms in total. The number of piperidine rings is 1. The van der Waals surface area contributed by atoms with Gasteiger partial charge in [0.05, 0.1) is 6.26 Å². The molecule has 1 fully saturated rings. The molecule has 0 unspecified atom stereocenters. The Bertz CT molecular complexity index is 703. The predicted molar refractivity (Wildman–Crippen MR) is 126 cm³/mol. The molecule has 1 aliphatic heterocycles. The average Bonchev–Trinajstić information content (AvgIpc) is 2.62. The molecule has 27 heavy (non-hydrogen) atoms. The van der Waals surface area contributed by atoms with Gasteiger partial charge in [0, 0.05) is 45.2 Å². The molecule has 1 N–H and O–H groups in total. The van der Waals surface area contributed by atoms with Crippen molar-refractivity contribution in [3.8, 4) is 0 Å². The predicted octanol–water partition coefficient (Wildman–Crippen LogP) is 2.71. The fourth-order valence-electron chi connectivity index (χ4n) is 3.15. The zero-order chi connectivity index (χ0) is 19.2. The lowest BCUT2D eigenvalue weighted by Gasteiger charge is -2.31. The van der Waals surface area contributed by atoms with Gasteiger partial charge in [-0.3, -0.25) is 4.99 Å². The van der Waals surface area contributed by atoms with Crippen LogP contribution in [-0.4, -0.2) is 69.8 Å². The topological polar surface area (TPSA) is 65.0 Å². The highest BCUT2D eigenvalue weighted by Gasteiger charge is 2.25. The van der Waals surface area contributed by atoms with Crippen LogP contribution >= 0.6 is 35.7 Å². The third-order valence-corrected chi connectivity index (χ3v) is 6.79. The summed E-state index contributed by atoms with van der Waals surface area (Å²) in [6, 6.07) is 8.58. The molecule has 0 amide bonds. The summed E-state index contributed by atoms with van der Waals surface area (Å²) in [5.41, 5.74) is 1.25. The SMILES string of the molecule is CN=C(NCC1CCN(S(C)(=O)=O)CC1)N(C)Cc1ccc(SC)cc1.I. The molecule has 0 radical (unpaired) electrons. The number of aliphatic imine (C=N–C) groups is 1. The Morgan fingerprint density at radius 3 is 2.37 bits per heavy atom. The number of thioether (sulfide) groups is 1. The van der Waals surface area contributed by atoms with Gasteiger partial charge in [0.25, 0.3) is 0 Å². The lowest BCUT2D eigenvalue weighted by molar-refractivity contribution is 0.273. The maximum atomic E-state index is 11.6. The van der Waals surface area contributed by atoms with Crippen LogP contribution in [0.15, 0.2) is 34.2 Å². The van der Waals surface area contributed by atoms with Gasteiger partial charge in [0.1, 0.15) is 0 Å². The van der Waals surface area contributed by atoms with Crippen LogP contribution < -0.4 is 5.32 Å².